The smallest absolute Gasteiger partial charge is 0.236 e. The first kappa shape index (κ1) is 16.7. The fourth-order valence-corrected chi connectivity index (χ4v) is 4.01. The largest absolute Gasteiger partial charge is 0.389 e. The summed E-state index contributed by atoms with van der Waals surface area (Å²) in [5.41, 5.74) is -0.767. The third-order valence-corrected chi connectivity index (χ3v) is 5.18. The lowest BCUT2D eigenvalue weighted by molar-refractivity contribution is -0.132. The quantitative estimate of drug-likeness (QED) is 0.902. The number of rotatable bonds is 5. The Balaban J connectivity index is 1.91. The zero-order valence-electron chi connectivity index (χ0n) is 12.8. The van der Waals surface area contributed by atoms with Gasteiger partial charge in [-0.15, -0.1) is 11.3 Å². The molecule has 2 heterocycles. The van der Waals surface area contributed by atoms with Crippen LogP contribution >= 0.6 is 22.9 Å². The summed E-state index contributed by atoms with van der Waals surface area (Å²) in [5, 5.41) is 10.2. The van der Waals surface area contributed by atoms with E-state index in [0.717, 1.165) is 28.6 Å². The average Bonchev–Trinajstić information content (AvgIpc) is 2.97. The van der Waals surface area contributed by atoms with Crippen LogP contribution in [0, 0.1) is 0 Å². The lowest BCUT2D eigenvalue weighted by Gasteiger charge is -2.34. The summed E-state index contributed by atoms with van der Waals surface area (Å²) < 4.78 is 0.743. The van der Waals surface area contributed by atoms with Crippen LogP contribution < -0.4 is 0 Å². The first-order valence-corrected chi connectivity index (χ1v) is 8.41. The molecule has 1 amide bonds. The summed E-state index contributed by atoms with van der Waals surface area (Å²) in [4.78, 5) is 17.3. The summed E-state index contributed by atoms with van der Waals surface area (Å²) >= 11 is 7.41. The van der Waals surface area contributed by atoms with Crippen molar-refractivity contribution in [1.82, 2.24) is 9.80 Å². The Morgan fingerprint density at radius 3 is 2.86 bits per heavy atom. The number of carbonyl (C=O) groups is 1. The van der Waals surface area contributed by atoms with Gasteiger partial charge in [-0.3, -0.25) is 9.69 Å². The SMILES string of the molecule is CN(Cc1ccc(Cl)s1)C(=O)CN1CCCC1C(C)(C)O. The number of aliphatic hydroxyl groups is 1. The van der Waals surface area contributed by atoms with Gasteiger partial charge < -0.3 is 10.0 Å². The van der Waals surface area contributed by atoms with Gasteiger partial charge in [0.05, 0.1) is 23.0 Å². The van der Waals surface area contributed by atoms with Crippen LogP contribution in [0.1, 0.15) is 31.6 Å². The lowest BCUT2D eigenvalue weighted by Crippen LogP contribution is -2.49. The van der Waals surface area contributed by atoms with Crippen molar-refractivity contribution < 1.29 is 9.90 Å². The third-order valence-electron chi connectivity index (χ3n) is 3.97. The monoisotopic (exact) mass is 330 g/mol. The first-order chi connectivity index (χ1) is 9.77. The van der Waals surface area contributed by atoms with Crippen LogP contribution in [0.2, 0.25) is 4.34 Å². The highest BCUT2D eigenvalue weighted by molar-refractivity contribution is 7.16. The molecular formula is C15H23ClN2O2S. The summed E-state index contributed by atoms with van der Waals surface area (Å²) in [6, 6.07) is 3.86. The topological polar surface area (TPSA) is 43.8 Å². The van der Waals surface area contributed by atoms with Gasteiger partial charge in [-0.2, -0.15) is 0 Å². The number of amides is 1. The van der Waals surface area contributed by atoms with E-state index < -0.39 is 5.60 Å². The molecule has 1 atom stereocenters. The van der Waals surface area contributed by atoms with E-state index in [2.05, 4.69) is 4.90 Å². The summed E-state index contributed by atoms with van der Waals surface area (Å²) in [6.45, 7) is 5.45. The van der Waals surface area contributed by atoms with Gasteiger partial charge >= 0.3 is 0 Å². The van der Waals surface area contributed by atoms with Crippen LogP contribution in [0.25, 0.3) is 0 Å². The van der Waals surface area contributed by atoms with Gasteiger partial charge in [-0.25, -0.2) is 0 Å². The molecule has 1 aromatic heterocycles. The molecule has 1 N–H and O–H groups in total. The summed E-state index contributed by atoms with van der Waals surface area (Å²) in [5.74, 6) is 0.0793. The highest BCUT2D eigenvalue weighted by atomic mass is 35.5. The minimum Gasteiger partial charge on any atom is -0.389 e. The number of hydrogen-bond donors (Lipinski definition) is 1. The Hall–Kier alpha value is -0.620. The molecule has 6 heteroatoms. The molecule has 21 heavy (non-hydrogen) atoms. The van der Waals surface area contributed by atoms with Gasteiger partial charge in [0.1, 0.15) is 0 Å². The van der Waals surface area contributed by atoms with Crippen LogP contribution in [0.5, 0.6) is 0 Å². The van der Waals surface area contributed by atoms with Gasteiger partial charge in [-0.05, 0) is 45.4 Å². The molecule has 1 fully saturated rings. The van der Waals surface area contributed by atoms with Gasteiger partial charge in [0.2, 0.25) is 5.91 Å². The molecule has 0 aliphatic carbocycles. The molecule has 1 aliphatic heterocycles. The van der Waals surface area contributed by atoms with E-state index >= 15 is 0 Å². The maximum Gasteiger partial charge on any atom is 0.236 e. The maximum absolute atomic E-state index is 12.4. The first-order valence-electron chi connectivity index (χ1n) is 7.22. The molecule has 0 spiro atoms. The van der Waals surface area contributed by atoms with Crippen molar-refractivity contribution in [2.75, 3.05) is 20.1 Å². The van der Waals surface area contributed by atoms with Gasteiger partial charge in [0, 0.05) is 18.0 Å². The number of likely N-dealkylation sites (N-methyl/N-ethyl adjacent to an activating group) is 1. The van der Waals surface area contributed by atoms with Crippen LogP contribution in [0.15, 0.2) is 12.1 Å². The summed E-state index contributed by atoms with van der Waals surface area (Å²) in [7, 11) is 1.81. The summed E-state index contributed by atoms with van der Waals surface area (Å²) in [6.07, 6.45) is 1.98. The molecule has 2 rings (SSSR count). The molecule has 1 aliphatic rings. The molecule has 1 saturated heterocycles. The highest BCUT2D eigenvalue weighted by Crippen LogP contribution is 2.27. The molecule has 0 radical (unpaired) electrons. The normalized spacial score (nSPS) is 20.0. The Morgan fingerprint density at radius 1 is 1.57 bits per heavy atom. The van der Waals surface area contributed by atoms with E-state index in [4.69, 9.17) is 11.6 Å². The second-order valence-electron chi connectivity index (χ2n) is 6.24. The van der Waals surface area contributed by atoms with Crippen molar-refractivity contribution in [3.8, 4) is 0 Å². The predicted molar refractivity (Wildman–Crippen MR) is 86.7 cm³/mol. The number of thiophene rings is 1. The van der Waals surface area contributed by atoms with E-state index in [9.17, 15) is 9.90 Å². The van der Waals surface area contributed by atoms with Crippen molar-refractivity contribution in [3.63, 3.8) is 0 Å². The van der Waals surface area contributed by atoms with Crippen LogP contribution in [0.4, 0.5) is 0 Å². The molecule has 0 saturated carbocycles. The highest BCUT2D eigenvalue weighted by Gasteiger charge is 2.36. The second-order valence-corrected chi connectivity index (χ2v) is 8.04. The van der Waals surface area contributed by atoms with Crippen molar-refractivity contribution in [3.05, 3.63) is 21.3 Å². The minimum atomic E-state index is -0.767. The van der Waals surface area contributed by atoms with Crippen LogP contribution in [-0.2, 0) is 11.3 Å². The van der Waals surface area contributed by atoms with E-state index in [1.807, 2.05) is 33.0 Å². The van der Waals surface area contributed by atoms with Gasteiger partial charge in [-0.1, -0.05) is 11.6 Å². The minimum absolute atomic E-state index is 0.0611. The number of likely N-dealkylation sites (tertiary alicyclic amines) is 1. The number of nitrogens with zero attached hydrogens (tertiary/aromatic N) is 2. The predicted octanol–water partition coefficient (Wildman–Crippen LogP) is 2.60. The number of halogens is 1. The van der Waals surface area contributed by atoms with Gasteiger partial charge in [0.25, 0.3) is 0 Å². The van der Waals surface area contributed by atoms with E-state index in [1.54, 1.807) is 4.90 Å². The Labute approximate surface area is 135 Å². The van der Waals surface area contributed by atoms with Crippen LogP contribution in [-0.4, -0.2) is 52.6 Å². The molecule has 1 aromatic rings. The van der Waals surface area contributed by atoms with E-state index in [1.165, 1.54) is 11.3 Å². The lowest BCUT2D eigenvalue weighted by atomic mass is 9.97. The van der Waals surface area contributed by atoms with Crippen molar-refractivity contribution in [2.45, 2.75) is 44.9 Å². The number of hydrogen-bond acceptors (Lipinski definition) is 4. The van der Waals surface area contributed by atoms with Crippen LogP contribution in [0.3, 0.4) is 0 Å². The molecular weight excluding hydrogens is 308 g/mol. The Bertz CT molecular complexity index is 498. The molecule has 118 valence electrons. The van der Waals surface area contributed by atoms with Crippen molar-refractivity contribution >= 4 is 28.8 Å². The average molecular weight is 331 g/mol. The maximum atomic E-state index is 12.4. The molecule has 1 unspecified atom stereocenters. The molecule has 4 nitrogen and oxygen atoms in total. The molecule has 0 bridgehead atoms. The van der Waals surface area contributed by atoms with Gasteiger partial charge in [0.15, 0.2) is 0 Å². The molecule has 0 aromatic carbocycles. The van der Waals surface area contributed by atoms with Crippen molar-refractivity contribution in [2.24, 2.45) is 0 Å². The zero-order chi connectivity index (χ0) is 15.6. The Kier molecular flexibility index (Phi) is 5.30. The fourth-order valence-electron chi connectivity index (χ4n) is 2.87. The second kappa shape index (κ2) is 6.65. The third kappa shape index (κ3) is 4.42. The standard InChI is InChI=1S/C15H23ClN2O2S/c1-15(2,20)12-5-4-8-18(12)10-14(19)17(3)9-11-6-7-13(16)21-11/h6-7,12,20H,4-5,8-10H2,1-3H3. The van der Waals surface area contributed by atoms with E-state index in [0.29, 0.717) is 13.1 Å². The fraction of sp³-hybridized carbons (Fsp3) is 0.667. The van der Waals surface area contributed by atoms with E-state index in [-0.39, 0.29) is 11.9 Å². The zero-order valence-corrected chi connectivity index (χ0v) is 14.4. The van der Waals surface area contributed by atoms with Crippen molar-refractivity contribution in [1.29, 1.82) is 0 Å². The Morgan fingerprint density at radius 2 is 2.29 bits per heavy atom. The number of carbonyl (C=O) groups excluding carboxylic acids is 1.